The van der Waals surface area contributed by atoms with Crippen LogP contribution >= 0.6 is 0 Å². The Morgan fingerprint density at radius 1 is 1.35 bits per heavy atom. The summed E-state index contributed by atoms with van der Waals surface area (Å²) >= 11 is 0. The van der Waals surface area contributed by atoms with Gasteiger partial charge in [0.15, 0.2) is 11.5 Å². The molecule has 0 saturated carbocycles. The minimum absolute atomic E-state index is 0.0765. The van der Waals surface area contributed by atoms with Crippen molar-refractivity contribution in [2.45, 2.75) is 52.2 Å². The lowest BCUT2D eigenvalue weighted by Crippen LogP contribution is -2.44. The molecule has 1 aliphatic rings. The summed E-state index contributed by atoms with van der Waals surface area (Å²) in [5, 5.41) is 13.2. The highest BCUT2D eigenvalue weighted by Crippen LogP contribution is 2.23. The number of piperidine rings is 1. The van der Waals surface area contributed by atoms with Crippen molar-refractivity contribution in [3.63, 3.8) is 0 Å². The first kappa shape index (κ1) is 18.5. The SMILES string of the molecule is Cc1ccc(C)c(OCc2cc(C(=O)N3CCCCC3CCO)no2)c1. The highest BCUT2D eigenvalue weighted by Gasteiger charge is 2.29. The fraction of sp³-hybridized carbons (Fsp3) is 0.500. The molecule has 0 spiro atoms. The zero-order chi connectivity index (χ0) is 18.5. The molecule has 1 aliphatic heterocycles. The van der Waals surface area contributed by atoms with Crippen molar-refractivity contribution in [1.29, 1.82) is 0 Å². The highest BCUT2D eigenvalue weighted by molar-refractivity contribution is 5.92. The van der Waals surface area contributed by atoms with Crippen molar-refractivity contribution in [3.05, 3.63) is 46.8 Å². The Hall–Kier alpha value is -2.34. The van der Waals surface area contributed by atoms with Crippen LogP contribution in [-0.4, -0.2) is 40.3 Å². The van der Waals surface area contributed by atoms with Crippen LogP contribution in [0.5, 0.6) is 5.75 Å². The fourth-order valence-electron chi connectivity index (χ4n) is 3.36. The van der Waals surface area contributed by atoms with Gasteiger partial charge in [-0.3, -0.25) is 4.79 Å². The van der Waals surface area contributed by atoms with Gasteiger partial charge in [-0.25, -0.2) is 0 Å². The zero-order valence-corrected chi connectivity index (χ0v) is 15.4. The van der Waals surface area contributed by atoms with Crippen LogP contribution in [0.25, 0.3) is 0 Å². The van der Waals surface area contributed by atoms with Crippen LogP contribution in [0.1, 0.15) is 53.1 Å². The lowest BCUT2D eigenvalue weighted by molar-refractivity contribution is 0.0564. The predicted molar refractivity (Wildman–Crippen MR) is 97.1 cm³/mol. The second kappa shape index (κ2) is 8.36. The number of carbonyl (C=O) groups is 1. The molecule has 6 nitrogen and oxygen atoms in total. The number of ether oxygens (including phenoxy) is 1. The van der Waals surface area contributed by atoms with Crippen LogP contribution in [-0.2, 0) is 6.61 Å². The van der Waals surface area contributed by atoms with E-state index in [1.807, 2.05) is 36.9 Å². The number of likely N-dealkylation sites (tertiary alicyclic amines) is 1. The number of rotatable bonds is 6. The van der Waals surface area contributed by atoms with Gasteiger partial charge in [0.2, 0.25) is 0 Å². The van der Waals surface area contributed by atoms with Gasteiger partial charge in [-0.05, 0) is 56.7 Å². The molecule has 1 aromatic heterocycles. The molecule has 0 bridgehead atoms. The number of hydrogen-bond donors (Lipinski definition) is 1. The minimum atomic E-state index is -0.134. The van der Waals surface area contributed by atoms with Crippen molar-refractivity contribution in [3.8, 4) is 5.75 Å². The van der Waals surface area contributed by atoms with Gasteiger partial charge in [0.25, 0.3) is 5.91 Å². The third-order valence-electron chi connectivity index (χ3n) is 4.84. The van der Waals surface area contributed by atoms with E-state index in [2.05, 4.69) is 5.16 Å². The quantitative estimate of drug-likeness (QED) is 0.858. The molecule has 6 heteroatoms. The van der Waals surface area contributed by atoms with Gasteiger partial charge in [-0.1, -0.05) is 17.3 Å². The van der Waals surface area contributed by atoms with Gasteiger partial charge in [0.1, 0.15) is 12.4 Å². The summed E-state index contributed by atoms with van der Waals surface area (Å²) in [4.78, 5) is 14.6. The molecule has 1 aromatic carbocycles. The Morgan fingerprint density at radius 3 is 3.00 bits per heavy atom. The first-order valence-corrected chi connectivity index (χ1v) is 9.16. The van der Waals surface area contributed by atoms with Crippen LogP contribution in [0.3, 0.4) is 0 Å². The maximum Gasteiger partial charge on any atom is 0.276 e. The summed E-state index contributed by atoms with van der Waals surface area (Å²) < 4.78 is 11.1. The van der Waals surface area contributed by atoms with Crippen molar-refractivity contribution in [2.75, 3.05) is 13.2 Å². The van der Waals surface area contributed by atoms with Gasteiger partial charge in [0.05, 0.1) is 0 Å². The van der Waals surface area contributed by atoms with Crippen LogP contribution < -0.4 is 4.74 Å². The van der Waals surface area contributed by atoms with E-state index in [9.17, 15) is 9.90 Å². The number of hydrogen-bond acceptors (Lipinski definition) is 5. The number of carbonyl (C=O) groups excluding carboxylic acids is 1. The molecule has 2 heterocycles. The van der Waals surface area contributed by atoms with Crippen LogP contribution in [0.4, 0.5) is 0 Å². The largest absolute Gasteiger partial charge is 0.485 e. The summed E-state index contributed by atoms with van der Waals surface area (Å²) in [5.74, 6) is 1.18. The smallest absolute Gasteiger partial charge is 0.276 e. The second-order valence-electron chi connectivity index (χ2n) is 6.90. The molecular formula is C20H26N2O4. The van der Waals surface area contributed by atoms with Crippen LogP contribution in [0.15, 0.2) is 28.8 Å². The molecule has 1 atom stereocenters. The number of aliphatic hydroxyl groups is 1. The average molecular weight is 358 g/mol. The molecule has 1 N–H and O–H groups in total. The van der Waals surface area contributed by atoms with E-state index in [-0.39, 0.29) is 25.2 Å². The Labute approximate surface area is 153 Å². The normalized spacial score (nSPS) is 17.3. The lowest BCUT2D eigenvalue weighted by atomic mass is 9.99. The molecule has 1 fully saturated rings. The molecule has 0 aliphatic carbocycles. The van der Waals surface area contributed by atoms with E-state index in [1.54, 1.807) is 6.07 Å². The number of aliphatic hydroxyl groups excluding tert-OH is 1. The molecule has 0 radical (unpaired) electrons. The third-order valence-corrected chi connectivity index (χ3v) is 4.84. The Morgan fingerprint density at radius 2 is 2.19 bits per heavy atom. The van der Waals surface area contributed by atoms with Crippen molar-refractivity contribution < 1.29 is 19.2 Å². The van der Waals surface area contributed by atoms with Gasteiger partial charge in [0, 0.05) is 25.3 Å². The monoisotopic (exact) mass is 358 g/mol. The summed E-state index contributed by atoms with van der Waals surface area (Å²) in [7, 11) is 0. The van der Waals surface area contributed by atoms with Gasteiger partial charge < -0.3 is 19.3 Å². The third kappa shape index (κ3) is 4.25. The fourth-order valence-corrected chi connectivity index (χ4v) is 3.36. The van der Waals surface area contributed by atoms with Gasteiger partial charge >= 0.3 is 0 Å². The van der Waals surface area contributed by atoms with Gasteiger partial charge in [-0.15, -0.1) is 0 Å². The summed E-state index contributed by atoms with van der Waals surface area (Å²) in [6, 6.07) is 7.75. The highest BCUT2D eigenvalue weighted by atomic mass is 16.5. The number of nitrogens with zero attached hydrogens (tertiary/aromatic N) is 2. The lowest BCUT2D eigenvalue weighted by Gasteiger charge is -2.34. The molecule has 3 rings (SSSR count). The van der Waals surface area contributed by atoms with Crippen molar-refractivity contribution >= 4 is 5.91 Å². The van der Waals surface area contributed by atoms with E-state index in [0.29, 0.717) is 24.4 Å². The maximum atomic E-state index is 12.8. The standard InChI is InChI=1S/C20H26N2O4/c1-14-6-7-15(2)19(11-14)25-13-17-12-18(21-26-17)20(24)22-9-4-3-5-16(22)8-10-23/h6-7,11-12,16,23H,3-5,8-10,13H2,1-2H3. The van der Waals surface area contributed by atoms with E-state index >= 15 is 0 Å². The molecule has 26 heavy (non-hydrogen) atoms. The van der Waals surface area contributed by atoms with E-state index in [1.165, 1.54) is 0 Å². The van der Waals surface area contributed by atoms with Crippen LogP contribution in [0, 0.1) is 13.8 Å². The first-order valence-electron chi connectivity index (χ1n) is 9.16. The number of aromatic nitrogens is 1. The average Bonchev–Trinajstić information content (AvgIpc) is 3.12. The molecule has 1 unspecified atom stereocenters. The van der Waals surface area contributed by atoms with Crippen LogP contribution in [0.2, 0.25) is 0 Å². The first-order chi connectivity index (χ1) is 12.6. The molecule has 1 amide bonds. The minimum Gasteiger partial charge on any atom is -0.485 e. The maximum absolute atomic E-state index is 12.8. The Kier molecular flexibility index (Phi) is 5.93. The summed E-state index contributed by atoms with van der Waals surface area (Å²) in [6.45, 7) is 5.01. The summed E-state index contributed by atoms with van der Waals surface area (Å²) in [5.41, 5.74) is 2.47. The van der Waals surface area contributed by atoms with Gasteiger partial charge in [-0.2, -0.15) is 0 Å². The van der Waals surface area contributed by atoms with Crippen molar-refractivity contribution in [2.24, 2.45) is 0 Å². The zero-order valence-electron chi connectivity index (χ0n) is 15.4. The van der Waals surface area contributed by atoms with E-state index in [4.69, 9.17) is 9.26 Å². The number of aryl methyl sites for hydroxylation is 2. The predicted octanol–water partition coefficient (Wildman–Crippen LogP) is 3.25. The topological polar surface area (TPSA) is 75.8 Å². The number of benzene rings is 1. The Bertz CT molecular complexity index is 754. The number of amides is 1. The second-order valence-corrected chi connectivity index (χ2v) is 6.90. The van der Waals surface area contributed by atoms with E-state index < -0.39 is 0 Å². The molecule has 2 aromatic rings. The van der Waals surface area contributed by atoms with Crippen molar-refractivity contribution in [1.82, 2.24) is 10.1 Å². The molecule has 140 valence electrons. The summed E-state index contributed by atoms with van der Waals surface area (Å²) in [6.07, 6.45) is 3.59. The van der Waals surface area contributed by atoms with E-state index in [0.717, 1.165) is 36.1 Å². The molecule has 1 saturated heterocycles. The Balaban J connectivity index is 1.65. The molecular weight excluding hydrogens is 332 g/mol.